The van der Waals surface area contributed by atoms with Gasteiger partial charge >= 0.3 is 0 Å². The van der Waals surface area contributed by atoms with Crippen LogP contribution < -0.4 is 0 Å². The van der Waals surface area contributed by atoms with Crippen molar-refractivity contribution in [3.8, 4) is 0 Å². The second-order valence-electron chi connectivity index (χ2n) is 7.89. The maximum absolute atomic E-state index is 11.5. The average molecular weight is 344 g/mol. The number of piperidine rings is 1. The largest absolute Gasteiger partial charge is 0.385 e. The molecular formula is C23H24N2O. The van der Waals surface area contributed by atoms with Gasteiger partial charge in [0.05, 0.1) is 11.1 Å². The van der Waals surface area contributed by atoms with E-state index in [9.17, 15) is 5.11 Å². The number of benzene rings is 2. The molecule has 3 aromatic rings. The molecule has 1 N–H and O–H groups in total. The van der Waals surface area contributed by atoms with Gasteiger partial charge in [0.15, 0.2) is 0 Å². The number of nitrogens with zero attached hydrogens (tertiary/aromatic N) is 2. The van der Waals surface area contributed by atoms with Crippen molar-refractivity contribution in [3.05, 3.63) is 78.0 Å². The molecule has 5 rings (SSSR count). The maximum Gasteiger partial charge on any atom is 0.0926 e. The van der Waals surface area contributed by atoms with Crippen LogP contribution in [-0.4, -0.2) is 27.1 Å². The van der Waals surface area contributed by atoms with E-state index in [1.165, 1.54) is 18.4 Å². The number of hydrogen-bond acceptors (Lipinski definition) is 3. The highest BCUT2D eigenvalue weighted by Gasteiger charge is 2.48. The zero-order chi connectivity index (χ0) is 17.6. The van der Waals surface area contributed by atoms with E-state index in [0.717, 1.165) is 35.9 Å². The summed E-state index contributed by atoms with van der Waals surface area (Å²) in [7, 11) is 0. The Morgan fingerprint density at radius 2 is 1.73 bits per heavy atom. The van der Waals surface area contributed by atoms with Crippen LogP contribution in [0.3, 0.4) is 0 Å². The van der Waals surface area contributed by atoms with Crippen LogP contribution in [0.5, 0.6) is 0 Å². The molecule has 2 atom stereocenters. The highest BCUT2D eigenvalue weighted by molar-refractivity contribution is 5.79. The van der Waals surface area contributed by atoms with E-state index in [2.05, 4.69) is 58.4 Å². The summed E-state index contributed by atoms with van der Waals surface area (Å²) in [4.78, 5) is 7.02. The SMILES string of the molecule is OC1(c2ccc3ncccc3c2)CC2CCC(C1)N2Cc1ccccc1. The Morgan fingerprint density at radius 1 is 0.962 bits per heavy atom. The Bertz CT molecular complexity index is 910. The maximum atomic E-state index is 11.5. The first-order valence-corrected chi connectivity index (χ1v) is 9.59. The van der Waals surface area contributed by atoms with Crippen LogP contribution in [0.1, 0.15) is 36.8 Å². The van der Waals surface area contributed by atoms with Crippen molar-refractivity contribution >= 4 is 10.9 Å². The molecule has 2 unspecified atom stereocenters. The fourth-order valence-electron chi connectivity index (χ4n) is 4.97. The molecule has 0 amide bonds. The zero-order valence-corrected chi connectivity index (χ0v) is 14.9. The number of hydrogen-bond donors (Lipinski definition) is 1. The minimum absolute atomic E-state index is 0.462. The molecule has 3 heterocycles. The van der Waals surface area contributed by atoms with Gasteiger partial charge in [-0.25, -0.2) is 0 Å². The zero-order valence-electron chi connectivity index (χ0n) is 14.9. The van der Waals surface area contributed by atoms with Crippen molar-refractivity contribution in [2.45, 2.75) is 49.9 Å². The summed E-state index contributed by atoms with van der Waals surface area (Å²) in [5.74, 6) is 0. The van der Waals surface area contributed by atoms with Crippen LogP contribution in [0, 0.1) is 0 Å². The quantitative estimate of drug-likeness (QED) is 0.772. The molecule has 0 spiro atoms. The summed E-state index contributed by atoms with van der Waals surface area (Å²) < 4.78 is 0. The second kappa shape index (κ2) is 6.19. The fourth-order valence-corrected chi connectivity index (χ4v) is 4.97. The molecule has 2 fully saturated rings. The molecule has 0 saturated carbocycles. The van der Waals surface area contributed by atoms with Gasteiger partial charge in [-0.3, -0.25) is 9.88 Å². The lowest BCUT2D eigenvalue weighted by atomic mass is 9.80. The third-order valence-corrected chi connectivity index (χ3v) is 6.27. The average Bonchev–Trinajstić information content (AvgIpc) is 2.92. The van der Waals surface area contributed by atoms with Crippen LogP contribution in [0.25, 0.3) is 10.9 Å². The first kappa shape index (κ1) is 16.0. The number of fused-ring (bicyclic) bond motifs is 3. The minimum atomic E-state index is -0.719. The lowest BCUT2D eigenvalue weighted by molar-refractivity contribution is -0.0594. The van der Waals surface area contributed by atoms with Crippen LogP contribution in [0.2, 0.25) is 0 Å². The monoisotopic (exact) mass is 344 g/mol. The Kier molecular flexibility index (Phi) is 3.80. The molecule has 0 aliphatic carbocycles. The molecule has 2 saturated heterocycles. The van der Waals surface area contributed by atoms with Crippen LogP contribution in [0.4, 0.5) is 0 Å². The molecule has 2 aliphatic rings. The van der Waals surface area contributed by atoms with Gasteiger partial charge in [0.2, 0.25) is 0 Å². The second-order valence-corrected chi connectivity index (χ2v) is 7.89. The van der Waals surface area contributed by atoms with Gasteiger partial charge in [-0.1, -0.05) is 42.5 Å². The van der Waals surface area contributed by atoms with E-state index in [0.29, 0.717) is 12.1 Å². The van der Waals surface area contributed by atoms with Gasteiger partial charge in [0.1, 0.15) is 0 Å². The van der Waals surface area contributed by atoms with Gasteiger partial charge in [-0.05, 0) is 55.0 Å². The molecule has 3 heteroatoms. The number of aromatic nitrogens is 1. The van der Waals surface area contributed by atoms with E-state index in [1.807, 2.05) is 18.3 Å². The Labute approximate surface area is 154 Å². The van der Waals surface area contributed by atoms with E-state index in [-0.39, 0.29) is 0 Å². The molecule has 0 radical (unpaired) electrons. The summed E-state index contributed by atoms with van der Waals surface area (Å²) in [6.07, 6.45) is 5.84. The van der Waals surface area contributed by atoms with Crippen LogP contribution >= 0.6 is 0 Å². The highest BCUT2D eigenvalue weighted by Crippen LogP contribution is 2.46. The summed E-state index contributed by atoms with van der Waals surface area (Å²) in [5.41, 5.74) is 2.69. The molecule has 2 aliphatic heterocycles. The number of rotatable bonds is 3. The molecule has 26 heavy (non-hydrogen) atoms. The van der Waals surface area contributed by atoms with Crippen molar-refractivity contribution in [1.82, 2.24) is 9.88 Å². The first-order chi connectivity index (χ1) is 12.7. The smallest absolute Gasteiger partial charge is 0.0926 e. The van der Waals surface area contributed by atoms with E-state index < -0.39 is 5.60 Å². The van der Waals surface area contributed by atoms with E-state index in [4.69, 9.17) is 0 Å². The predicted octanol–water partition coefficient (Wildman–Crippen LogP) is 4.25. The Morgan fingerprint density at radius 3 is 2.50 bits per heavy atom. The Hall–Kier alpha value is -2.23. The fraction of sp³-hybridized carbons (Fsp3) is 0.348. The van der Waals surface area contributed by atoms with E-state index in [1.54, 1.807) is 0 Å². The predicted molar refractivity (Wildman–Crippen MR) is 104 cm³/mol. The van der Waals surface area contributed by atoms with Crippen molar-refractivity contribution in [2.24, 2.45) is 0 Å². The van der Waals surface area contributed by atoms with Crippen molar-refractivity contribution < 1.29 is 5.11 Å². The van der Waals surface area contributed by atoms with Crippen molar-refractivity contribution in [3.63, 3.8) is 0 Å². The molecule has 132 valence electrons. The third kappa shape index (κ3) is 2.72. The summed E-state index contributed by atoms with van der Waals surface area (Å²) in [6, 6.07) is 21.9. The Balaban J connectivity index is 1.42. The molecular weight excluding hydrogens is 320 g/mol. The topological polar surface area (TPSA) is 36.4 Å². The van der Waals surface area contributed by atoms with Gasteiger partial charge in [0, 0.05) is 30.2 Å². The highest BCUT2D eigenvalue weighted by atomic mass is 16.3. The lowest BCUT2D eigenvalue weighted by Crippen LogP contribution is -2.49. The standard InChI is InChI=1S/C23H24N2O/c26-23(19-8-11-22-18(13-19)7-4-12-24-22)14-20-9-10-21(15-23)25(20)16-17-5-2-1-3-6-17/h1-8,11-13,20-21,26H,9-10,14-16H2. The summed E-state index contributed by atoms with van der Waals surface area (Å²) in [5, 5.41) is 12.6. The normalized spacial score (nSPS) is 28.5. The van der Waals surface area contributed by atoms with Crippen LogP contribution in [-0.2, 0) is 12.1 Å². The summed E-state index contributed by atoms with van der Waals surface area (Å²) >= 11 is 0. The van der Waals surface area contributed by atoms with Crippen molar-refractivity contribution in [2.75, 3.05) is 0 Å². The number of pyridine rings is 1. The molecule has 3 nitrogen and oxygen atoms in total. The number of aliphatic hydroxyl groups is 1. The minimum Gasteiger partial charge on any atom is -0.385 e. The van der Waals surface area contributed by atoms with Gasteiger partial charge in [-0.2, -0.15) is 0 Å². The van der Waals surface area contributed by atoms with Crippen LogP contribution in [0.15, 0.2) is 66.9 Å². The lowest BCUT2D eigenvalue weighted by Gasteiger charge is -2.44. The molecule has 1 aromatic heterocycles. The van der Waals surface area contributed by atoms with Gasteiger partial charge < -0.3 is 5.11 Å². The van der Waals surface area contributed by atoms with Gasteiger partial charge in [0.25, 0.3) is 0 Å². The molecule has 2 aromatic carbocycles. The third-order valence-electron chi connectivity index (χ3n) is 6.27. The van der Waals surface area contributed by atoms with E-state index >= 15 is 0 Å². The first-order valence-electron chi connectivity index (χ1n) is 9.59. The van der Waals surface area contributed by atoms with Gasteiger partial charge in [-0.15, -0.1) is 0 Å². The summed E-state index contributed by atoms with van der Waals surface area (Å²) in [6.45, 7) is 0.994. The molecule has 2 bridgehead atoms. The van der Waals surface area contributed by atoms with Crippen molar-refractivity contribution in [1.29, 1.82) is 0 Å².